The maximum atomic E-state index is 13.3. The minimum absolute atomic E-state index is 0.306. The average molecular weight is 279 g/mol. The average Bonchev–Trinajstić information content (AvgIpc) is 2.84. The Balaban J connectivity index is 1.74. The van der Waals surface area contributed by atoms with Crippen LogP contribution in [0.25, 0.3) is 0 Å². The zero-order valence-corrected chi connectivity index (χ0v) is 11.2. The highest BCUT2D eigenvalue weighted by Crippen LogP contribution is 2.30. The summed E-state index contributed by atoms with van der Waals surface area (Å²) in [7, 11) is 0. The minimum Gasteiger partial charge on any atom is -0.380 e. The second-order valence-corrected chi connectivity index (χ2v) is 5.56. The molecule has 2 heterocycles. The highest BCUT2D eigenvalue weighted by Gasteiger charge is 2.35. The van der Waals surface area contributed by atoms with E-state index in [0.717, 1.165) is 25.6 Å². The Bertz CT molecular complexity index is 523. The molecule has 2 aliphatic heterocycles. The Labute approximate surface area is 116 Å². The zero-order chi connectivity index (χ0) is 14.1. The van der Waals surface area contributed by atoms with Gasteiger partial charge in [0.2, 0.25) is 5.82 Å². The van der Waals surface area contributed by atoms with Gasteiger partial charge >= 0.3 is 5.69 Å². The summed E-state index contributed by atoms with van der Waals surface area (Å²) in [4.78, 5) is 12.6. The maximum Gasteiger partial charge on any atom is 0.306 e. The summed E-state index contributed by atoms with van der Waals surface area (Å²) in [6, 6.07) is 4.84. The Kier molecular flexibility index (Phi) is 3.56. The minimum atomic E-state index is -0.786. The molecule has 5 nitrogen and oxygen atoms in total. The normalized spacial score (nSPS) is 26.2. The number of nitro groups is 1. The molecule has 0 aromatic heterocycles. The fourth-order valence-electron chi connectivity index (χ4n) is 3.37. The molecule has 1 aromatic carbocycles. The lowest BCUT2D eigenvalue weighted by Crippen LogP contribution is -2.41. The van der Waals surface area contributed by atoms with Gasteiger partial charge in [-0.25, -0.2) is 0 Å². The maximum absolute atomic E-state index is 13.3. The van der Waals surface area contributed by atoms with E-state index in [1.54, 1.807) is 6.07 Å². The van der Waals surface area contributed by atoms with Gasteiger partial charge in [-0.2, -0.15) is 4.39 Å². The molecule has 1 aromatic rings. The van der Waals surface area contributed by atoms with Crippen LogP contribution in [0.2, 0.25) is 0 Å². The van der Waals surface area contributed by atoms with E-state index in [9.17, 15) is 14.5 Å². The first-order valence-corrected chi connectivity index (χ1v) is 7.09. The Morgan fingerprint density at radius 1 is 1.30 bits per heavy atom. The van der Waals surface area contributed by atoms with E-state index in [2.05, 4.69) is 10.2 Å². The van der Waals surface area contributed by atoms with Crippen molar-refractivity contribution >= 4 is 11.4 Å². The molecule has 2 atom stereocenters. The molecule has 0 spiro atoms. The van der Waals surface area contributed by atoms with Crippen LogP contribution in [-0.4, -0.2) is 35.0 Å². The number of nitrogens with one attached hydrogen (secondary N) is 1. The Hall–Kier alpha value is -1.69. The Morgan fingerprint density at radius 3 is 2.95 bits per heavy atom. The van der Waals surface area contributed by atoms with Crippen molar-refractivity contribution in [2.24, 2.45) is 0 Å². The number of benzene rings is 1. The molecule has 2 aliphatic rings. The second-order valence-electron chi connectivity index (χ2n) is 5.56. The molecule has 108 valence electrons. The van der Waals surface area contributed by atoms with Crippen molar-refractivity contribution in [3.05, 3.63) is 34.1 Å². The number of hydrogen-bond donors (Lipinski definition) is 1. The lowest BCUT2D eigenvalue weighted by Gasteiger charge is -2.32. The molecule has 2 fully saturated rings. The van der Waals surface area contributed by atoms with Gasteiger partial charge in [0.15, 0.2) is 0 Å². The van der Waals surface area contributed by atoms with Crippen molar-refractivity contribution in [2.75, 3.05) is 18.4 Å². The largest absolute Gasteiger partial charge is 0.380 e. The van der Waals surface area contributed by atoms with E-state index in [0.29, 0.717) is 17.8 Å². The SMILES string of the molecule is O=[N+]([O-])c1cc(NC2CCN3CCCCC23)ccc1F. The van der Waals surface area contributed by atoms with E-state index >= 15 is 0 Å². The van der Waals surface area contributed by atoms with E-state index in [4.69, 9.17) is 0 Å². The molecule has 20 heavy (non-hydrogen) atoms. The number of anilines is 1. The summed E-state index contributed by atoms with van der Waals surface area (Å²) in [5, 5.41) is 14.1. The molecule has 0 saturated carbocycles. The van der Waals surface area contributed by atoms with Crippen LogP contribution in [0.4, 0.5) is 15.8 Å². The number of nitrogens with zero attached hydrogens (tertiary/aromatic N) is 2. The first kappa shape index (κ1) is 13.3. The van der Waals surface area contributed by atoms with Crippen LogP contribution in [0.3, 0.4) is 0 Å². The first-order valence-electron chi connectivity index (χ1n) is 7.09. The lowest BCUT2D eigenvalue weighted by atomic mass is 9.99. The fourth-order valence-corrected chi connectivity index (χ4v) is 3.37. The number of nitro benzene ring substituents is 1. The summed E-state index contributed by atoms with van der Waals surface area (Å²) >= 11 is 0. The summed E-state index contributed by atoms with van der Waals surface area (Å²) < 4.78 is 13.3. The first-order chi connectivity index (χ1) is 9.65. The summed E-state index contributed by atoms with van der Waals surface area (Å²) in [5.74, 6) is -0.786. The van der Waals surface area contributed by atoms with Gasteiger partial charge in [-0.1, -0.05) is 6.42 Å². The van der Waals surface area contributed by atoms with Crippen molar-refractivity contribution < 1.29 is 9.31 Å². The highest BCUT2D eigenvalue weighted by atomic mass is 19.1. The van der Waals surface area contributed by atoms with Crippen LogP contribution in [0.15, 0.2) is 18.2 Å². The van der Waals surface area contributed by atoms with Gasteiger partial charge in [0.25, 0.3) is 0 Å². The van der Waals surface area contributed by atoms with E-state index in [1.165, 1.54) is 25.3 Å². The summed E-state index contributed by atoms with van der Waals surface area (Å²) in [6.45, 7) is 2.22. The molecular formula is C14H18FN3O2. The predicted molar refractivity (Wildman–Crippen MR) is 74.3 cm³/mol. The van der Waals surface area contributed by atoms with Gasteiger partial charge in [-0.15, -0.1) is 0 Å². The smallest absolute Gasteiger partial charge is 0.306 e. The zero-order valence-electron chi connectivity index (χ0n) is 11.2. The number of fused-ring (bicyclic) bond motifs is 1. The lowest BCUT2D eigenvalue weighted by molar-refractivity contribution is -0.387. The van der Waals surface area contributed by atoms with Crippen molar-refractivity contribution in [2.45, 2.75) is 37.8 Å². The molecule has 6 heteroatoms. The van der Waals surface area contributed by atoms with Gasteiger partial charge in [0, 0.05) is 30.4 Å². The van der Waals surface area contributed by atoms with Gasteiger partial charge < -0.3 is 5.32 Å². The van der Waals surface area contributed by atoms with Gasteiger partial charge in [-0.3, -0.25) is 15.0 Å². The van der Waals surface area contributed by atoms with E-state index < -0.39 is 16.4 Å². The van der Waals surface area contributed by atoms with Crippen LogP contribution >= 0.6 is 0 Å². The fraction of sp³-hybridized carbons (Fsp3) is 0.571. The number of halogens is 1. The summed E-state index contributed by atoms with van der Waals surface area (Å²) in [6.07, 6.45) is 4.70. The number of piperidine rings is 1. The molecule has 2 unspecified atom stereocenters. The third kappa shape index (κ3) is 2.47. The third-order valence-corrected chi connectivity index (χ3v) is 4.35. The number of hydrogen-bond acceptors (Lipinski definition) is 4. The van der Waals surface area contributed by atoms with E-state index in [1.807, 2.05) is 0 Å². The van der Waals surface area contributed by atoms with Gasteiger partial charge in [0.05, 0.1) is 4.92 Å². The molecule has 1 N–H and O–H groups in total. The molecule has 3 rings (SSSR count). The molecule has 2 saturated heterocycles. The van der Waals surface area contributed by atoms with Crippen molar-refractivity contribution in [1.29, 1.82) is 0 Å². The second kappa shape index (κ2) is 5.36. The van der Waals surface area contributed by atoms with Crippen molar-refractivity contribution in [3.63, 3.8) is 0 Å². The topological polar surface area (TPSA) is 58.4 Å². The van der Waals surface area contributed by atoms with Gasteiger partial charge in [0.1, 0.15) is 0 Å². The van der Waals surface area contributed by atoms with Crippen molar-refractivity contribution in [1.82, 2.24) is 4.90 Å². The molecule has 0 radical (unpaired) electrons. The summed E-state index contributed by atoms with van der Waals surface area (Å²) in [5.41, 5.74) is 0.170. The van der Waals surface area contributed by atoms with Crippen LogP contribution in [0.1, 0.15) is 25.7 Å². The van der Waals surface area contributed by atoms with Crippen LogP contribution < -0.4 is 5.32 Å². The molecule has 0 amide bonds. The molecule has 0 aliphatic carbocycles. The van der Waals surface area contributed by atoms with Crippen LogP contribution in [0, 0.1) is 15.9 Å². The standard InChI is InChI=1S/C14H18FN3O2/c15-11-5-4-10(9-14(11)18(19)20)16-12-6-8-17-7-2-1-3-13(12)17/h4-5,9,12-13,16H,1-3,6-8H2. The van der Waals surface area contributed by atoms with Crippen LogP contribution in [-0.2, 0) is 0 Å². The molecule has 0 bridgehead atoms. The Morgan fingerprint density at radius 2 is 2.15 bits per heavy atom. The van der Waals surface area contributed by atoms with E-state index in [-0.39, 0.29) is 0 Å². The molecular weight excluding hydrogens is 261 g/mol. The number of rotatable bonds is 3. The van der Waals surface area contributed by atoms with Crippen molar-refractivity contribution in [3.8, 4) is 0 Å². The third-order valence-electron chi connectivity index (χ3n) is 4.35. The van der Waals surface area contributed by atoms with Crippen LogP contribution in [0.5, 0.6) is 0 Å². The quantitative estimate of drug-likeness (QED) is 0.682. The highest BCUT2D eigenvalue weighted by molar-refractivity contribution is 5.52. The predicted octanol–water partition coefficient (Wildman–Crippen LogP) is 2.77. The monoisotopic (exact) mass is 279 g/mol. The van der Waals surface area contributed by atoms with Gasteiger partial charge in [-0.05, 0) is 37.9 Å².